The first-order valence-electron chi connectivity index (χ1n) is 5.65. The SMILES string of the molecule is CC(C)Cc1ccc(N(C)CC(F)(F)F)cc1. The minimum atomic E-state index is -4.16. The lowest BCUT2D eigenvalue weighted by Crippen LogP contribution is -2.30. The lowest BCUT2D eigenvalue weighted by Gasteiger charge is -2.21. The van der Waals surface area contributed by atoms with Gasteiger partial charge in [0.2, 0.25) is 0 Å². The van der Waals surface area contributed by atoms with Gasteiger partial charge in [-0.15, -0.1) is 0 Å². The standard InChI is InChI=1S/C13H18F3N/c1-10(2)8-11-4-6-12(7-5-11)17(3)9-13(14,15)16/h4-7,10H,8-9H2,1-3H3. The number of benzene rings is 1. The highest BCUT2D eigenvalue weighted by Gasteiger charge is 2.29. The summed E-state index contributed by atoms with van der Waals surface area (Å²) in [5.74, 6) is 0.550. The molecular weight excluding hydrogens is 227 g/mol. The monoisotopic (exact) mass is 245 g/mol. The van der Waals surface area contributed by atoms with Crippen LogP contribution in [-0.4, -0.2) is 19.8 Å². The third-order valence-electron chi connectivity index (χ3n) is 2.44. The molecule has 0 N–H and O–H groups in total. The van der Waals surface area contributed by atoms with E-state index in [1.807, 2.05) is 12.1 Å². The van der Waals surface area contributed by atoms with Crippen molar-refractivity contribution in [1.82, 2.24) is 0 Å². The predicted octanol–water partition coefficient (Wildman–Crippen LogP) is 3.88. The topological polar surface area (TPSA) is 3.24 Å². The van der Waals surface area contributed by atoms with Gasteiger partial charge in [-0.2, -0.15) is 13.2 Å². The average molecular weight is 245 g/mol. The third kappa shape index (κ3) is 5.11. The van der Waals surface area contributed by atoms with Crippen LogP contribution in [0.3, 0.4) is 0 Å². The van der Waals surface area contributed by atoms with Gasteiger partial charge in [0.25, 0.3) is 0 Å². The van der Waals surface area contributed by atoms with Crippen LogP contribution in [-0.2, 0) is 6.42 Å². The van der Waals surface area contributed by atoms with Crippen molar-refractivity contribution in [2.45, 2.75) is 26.4 Å². The zero-order valence-electron chi connectivity index (χ0n) is 10.4. The van der Waals surface area contributed by atoms with Crippen LogP contribution in [0.2, 0.25) is 0 Å². The smallest absolute Gasteiger partial charge is 0.366 e. The second kappa shape index (κ2) is 5.43. The highest BCUT2D eigenvalue weighted by Crippen LogP contribution is 2.21. The van der Waals surface area contributed by atoms with Gasteiger partial charge < -0.3 is 4.90 Å². The molecule has 0 saturated heterocycles. The van der Waals surface area contributed by atoms with Crippen LogP contribution < -0.4 is 4.90 Å². The van der Waals surface area contributed by atoms with Crippen molar-refractivity contribution in [1.29, 1.82) is 0 Å². The Hall–Kier alpha value is -1.19. The first-order chi connectivity index (χ1) is 7.78. The molecule has 0 saturated carbocycles. The van der Waals surface area contributed by atoms with E-state index in [-0.39, 0.29) is 0 Å². The number of hydrogen-bond donors (Lipinski definition) is 0. The summed E-state index contributed by atoms with van der Waals surface area (Å²) in [6, 6.07) is 7.26. The molecule has 0 spiro atoms. The van der Waals surface area contributed by atoms with E-state index in [0.717, 1.165) is 12.0 Å². The molecular formula is C13H18F3N. The van der Waals surface area contributed by atoms with Crippen LogP contribution in [0.4, 0.5) is 18.9 Å². The van der Waals surface area contributed by atoms with Gasteiger partial charge in [-0.05, 0) is 30.0 Å². The molecule has 0 fully saturated rings. The van der Waals surface area contributed by atoms with Crippen molar-refractivity contribution >= 4 is 5.69 Å². The number of hydrogen-bond acceptors (Lipinski definition) is 1. The van der Waals surface area contributed by atoms with Gasteiger partial charge in [0.15, 0.2) is 0 Å². The number of alkyl halides is 3. The van der Waals surface area contributed by atoms with Crippen molar-refractivity contribution in [3.8, 4) is 0 Å². The highest BCUT2D eigenvalue weighted by molar-refractivity contribution is 5.47. The summed E-state index contributed by atoms with van der Waals surface area (Å²) in [7, 11) is 1.45. The molecule has 1 nitrogen and oxygen atoms in total. The maximum atomic E-state index is 12.2. The van der Waals surface area contributed by atoms with Crippen molar-refractivity contribution in [2.75, 3.05) is 18.5 Å². The molecule has 0 amide bonds. The van der Waals surface area contributed by atoms with E-state index in [1.54, 1.807) is 12.1 Å². The number of halogens is 3. The summed E-state index contributed by atoms with van der Waals surface area (Å²) in [5.41, 5.74) is 1.75. The van der Waals surface area contributed by atoms with Crippen LogP contribution in [0.15, 0.2) is 24.3 Å². The minimum absolute atomic E-state index is 0.550. The molecule has 4 heteroatoms. The Morgan fingerprint density at radius 3 is 2.06 bits per heavy atom. The van der Waals surface area contributed by atoms with Crippen LogP contribution >= 0.6 is 0 Å². The Kier molecular flexibility index (Phi) is 4.43. The summed E-state index contributed by atoms with van der Waals surface area (Å²) in [4.78, 5) is 1.21. The van der Waals surface area contributed by atoms with E-state index in [9.17, 15) is 13.2 Å². The third-order valence-corrected chi connectivity index (χ3v) is 2.44. The molecule has 17 heavy (non-hydrogen) atoms. The zero-order valence-corrected chi connectivity index (χ0v) is 10.4. The fraction of sp³-hybridized carbons (Fsp3) is 0.538. The van der Waals surface area contributed by atoms with Crippen molar-refractivity contribution < 1.29 is 13.2 Å². The second-order valence-corrected chi connectivity index (χ2v) is 4.74. The van der Waals surface area contributed by atoms with Crippen LogP contribution in [0, 0.1) is 5.92 Å². The van der Waals surface area contributed by atoms with Gasteiger partial charge in [-0.3, -0.25) is 0 Å². The molecule has 0 aliphatic rings. The maximum absolute atomic E-state index is 12.2. The Balaban J connectivity index is 2.67. The molecule has 0 aliphatic heterocycles. The molecule has 0 radical (unpaired) electrons. The summed E-state index contributed by atoms with van der Waals surface area (Å²) in [5, 5.41) is 0. The largest absolute Gasteiger partial charge is 0.405 e. The first kappa shape index (κ1) is 13.9. The van der Waals surface area contributed by atoms with Gasteiger partial charge >= 0.3 is 6.18 Å². The van der Waals surface area contributed by atoms with Crippen molar-refractivity contribution in [3.63, 3.8) is 0 Å². The van der Waals surface area contributed by atoms with Crippen LogP contribution in [0.25, 0.3) is 0 Å². The molecule has 96 valence electrons. The molecule has 0 atom stereocenters. The Morgan fingerprint density at radius 2 is 1.65 bits per heavy atom. The van der Waals surface area contributed by atoms with E-state index in [2.05, 4.69) is 13.8 Å². The molecule has 0 aliphatic carbocycles. The number of nitrogens with zero attached hydrogens (tertiary/aromatic N) is 1. The van der Waals surface area contributed by atoms with Gasteiger partial charge in [0.1, 0.15) is 6.54 Å². The minimum Gasteiger partial charge on any atom is -0.366 e. The molecule has 0 aromatic heterocycles. The van der Waals surface area contributed by atoms with E-state index in [4.69, 9.17) is 0 Å². The molecule has 1 aromatic carbocycles. The number of anilines is 1. The predicted molar refractivity (Wildman–Crippen MR) is 64.3 cm³/mol. The van der Waals surface area contributed by atoms with Gasteiger partial charge in [0.05, 0.1) is 0 Å². The molecule has 0 heterocycles. The van der Waals surface area contributed by atoms with E-state index in [1.165, 1.54) is 11.9 Å². The summed E-state index contributed by atoms with van der Waals surface area (Å²) < 4.78 is 36.6. The van der Waals surface area contributed by atoms with E-state index >= 15 is 0 Å². The lowest BCUT2D eigenvalue weighted by atomic mass is 10.0. The summed E-state index contributed by atoms with van der Waals surface area (Å²) >= 11 is 0. The first-order valence-corrected chi connectivity index (χ1v) is 5.65. The summed E-state index contributed by atoms with van der Waals surface area (Å²) in [6.45, 7) is 3.31. The quantitative estimate of drug-likeness (QED) is 0.778. The fourth-order valence-electron chi connectivity index (χ4n) is 1.72. The van der Waals surface area contributed by atoms with E-state index in [0.29, 0.717) is 11.6 Å². The van der Waals surface area contributed by atoms with Crippen molar-refractivity contribution in [3.05, 3.63) is 29.8 Å². The van der Waals surface area contributed by atoms with Crippen LogP contribution in [0.5, 0.6) is 0 Å². The van der Waals surface area contributed by atoms with E-state index < -0.39 is 12.7 Å². The Morgan fingerprint density at radius 1 is 1.12 bits per heavy atom. The zero-order chi connectivity index (χ0) is 13.1. The number of rotatable bonds is 4. The normalized spacial score (nSPS) is 11.9. The molecule has 0 unspecified atom stereocenters. The van der Waals surface area contributed by atoms with Gasteiger partial charge in [-0.1, -0.05) is 26.0 Å². The van der Waals surface area contributed by atoms with Gasteiger partial charge in [0, 0.05) is 12.7 Å². The second-order valence-electron chi connectivity index (χ2n) is 4.74. The molecule has 1 aromatic rings. The van der Waals surface area contributed by atoms with Crippen molar-refractivity contribution in [2.24, 2.45) is 5.92 Å². The molecule has 0 bridgehead atoms. The highest BCUT2D eigenvalue weighted by atomic mass is 19.4. The Labute approximate surface area is 100 Å². The maximum Gasteiger partial charge on any atom is 0.405 e. The fourth-order valence-corrected chi connectivity index (χ4v) is 1.72. The average Bonchev–Trinajstić information content (AvgIpc) is 2.15. The Bertz CT molecular complexity index is 341. The van der Waals surface area contributed by atoms with Crippen LogP contribution in [0.1, 0.15) is 19.4 Å². The summed E-state index contributed by atoms with van der Waals surface area (Å²) in [6.07, 6.45) is -3.21. The lowest BCUT2D eigenvalue weighted by molar-refractivity contribution is -0.119. The van der Waals surface area contributed by atoms with Gasteiger partial charge in [-0.25, -0.2) is 0 Å². The molecule has 1 rings (SSSR count).